The molecule has 100 valence electrons. The minimum atomic E-state index is 0.406. The van der Waals surface area contributed by atoms with Crippen LogP contribution in [0.1, 0.15) is 36.1 Å². The summed E-state index contributed by atoms with van der Waals surface area (Å²) in [6, 6.07) is 20.0. The fourth-order valence-electron chi connectivity index (χ4n) is 2.27. The van der Waals surface area contributed by atoms with E-state index in [1.807, 2.05) is 0 Å². The smallest absolute Gasteiger partial charge is 0.0360 e. The zero-order valence-electron chi connectivity index (χ0n) is 11.9. The van der Waals surface area contributed by atoms with Crippen molar-refractivity contribution in [3.63, 3.8) is 0 Å². The minimum absolute atomic E-state index is 0.406. The van der Waals surface area contributed by atoms with Gasteiger partial charge in [0, 0.05) is 6.04 Å². The van der Waals surface area contributed by atoms with Crippen molar-refractivity contribution < 1.29 is 0 Å². The van der Waals surface area contributed by atoms with E-state index in [4.69, 9.17) is 0 Å². The lowest BCUT2D eigenvalue weighted by atomic mass is 9.98. The van der Waals surface area contributed by atoms with Gasteiger partial charge in [-0.05, 0) is 37.4 Å². The zero-order chi connectivity index (χ0) is 13.5. The van der Waals surface area contributed by atoms with Crippen LogP contribution in [-0.2, 0) is 6.42 Å². The van der Waals surface area contributed by atoms with Gasteiger partial charge in [-0.1, -0.05) is 67.1 Å². The minimum Gasteiger partial charge on any atom is -0.310 e. The van der Waals surface area contributed by atoms with Crippen LogP contribution in [0.25, 0.3) is 0 Å². The lowest BCUT2D eigenvalue weighted by molar-refractivity contribution is 0.529. The van der Waals surface area contributed by atoms with Crippen LogP contribution in [0.2, 0.25) is 0 Å². The van der Waals surface area contributed by atoms with Gasteiger partial charge >= 0.3 is 0 Å². The van der Waals surface area contributed by atoms with Gasteiger partial charge in [0.05, 0.1) is 0 Å². The van der Waals surface area contributed by atoms with Crippen LogP contribution in [0.3, 0.4) is 0 Å². The predicted molar refractivity (Wildman–Crippen MR) is 82.4 cm³/mol. The molecule has 0 spiro atoms. The van der Waals surface area contributed by atoms with E-state index >= 15 is 0 Å². The highest BCUT2D eigenvalue weighted by molar-refractivity contribution is 5.26. The van der Waals surface area contributed by atoms with E-state index in [-0.39, 0.29) is 0 Å². The number of hydrogen-bond donors (Lipinski definition) is 1. The Morgan fingerprint density at radius 1 is 0.947 bits per heavy atom. The summed E-state index contributed by atoms with van der Waals surface area (Å²) in [7, 11) is 0. The molecule has 0 saturated carbocycles. The Kier molecular flexibility index (Phi) is 5.17. The summed E-state index contributed by atoms with van der Waals surface area (Å²) in [6.45, 7) is 5.40. The van der Waals surface area contributed by atoms with Crippen molar-refractivity contribution in [2.24, 2.45) is 0 Å². The summed E-state index contributed by atoms with van der Waals surface area (Å²) in [5.74, 6) is 0. The van der Waals surface area contributed by atoms with E-state index in [0.717, 1.165) is 19.4 Å². The van der Waals surface area contributed by atoms with Crippen LogP contribution >= 0.6 is 0 Å². The first-order valence-electron chi connectivity index (χ1n) is 7.13. The molecule has 0 saturated heterocycles. The van der Waals surface area contributed by atoms with Crippen LogP contribution in [0.15, 0.2) is 54.6 Å². The molecule has 0 heterocycles. The first kappa shape index (κ1) is 13.8. The molecule has 0 aliphatic carbocycles. The first-order valence-corrected chi connectivity index (χ1v) is 7.13. The van der Waals surface area contributed by atoms with Crippen LogP contribution in [0.4, 0.5) is 0 Å². The van der Waals surface area contributed by atoms with Gasteiger partial charge in [0.25, 0.3) is 0 Å². The number of nitrogens with one attached hydrogen (secondary N) is 1. The average molecular weight is 253 g/mol. The summed E-state index contributed by atoms with van der Waals surface area (Å²) in [5, 5.41) is 3.65. The van der Waals surface area contributed by atoms with Crippen LogP contribution < -0.4 is 5.32 Å². The van der Waals surface area contributed by atoms with Crippen molar-refractivity contribution >= 4 is 0 Å². The molecule has 1 unspecified atom stereocenters. The SMILES string of the molecule is CCCNC(Cc1ccc(C)cc1)c1ccccc1. The third-order valence-electron chi connectivity index (χ3n) is 3.40. The fraction of sp³-hybridized carbons (Fsp3) is 0.333. The van der Waals surface area contributed by atoms with Crippen molar-refractivity contribution in [2.45, 2.75) is 32.7 Å². The monoisotopic (exact) mass is 253 g/mol. The highest BCUT2D eigenvalue weighted by Crippen LogP contribution is 2.18. The van der Waals surface area contributed by atoms with Crippen molar-refractivity contribution in [3.05, 3.63) is 71.3 Å². The van der Waals surface area contributed by atoms with Crippen molar-refractivity contribution in [3.8, 4) is 0 Å². The second kappa shape index (κ2) is 7.10. The molecule has 0 aliphatic heterocycles. The number of benzene rings is 2. The molecule has 0 fully saturated rings. The molecule has 0 aromatic heterocycles. The second-order valence-electron chi connectivity index (χ2n) is 5.11. The van der Waals surface area contributed by atoms with E-state index in [9.17, 15) is 0 Å². The van der Waals surface area contributed by atoms with E-state index < -0.39 is 0 Å². The highest BCUT2D eigenvalue weighted by atomic mass is 14.9. The quantitative estimate of drug-likeness (QED) is 0.810. The number of hydrogen-bond acceptors (Lipinski definition) is 1. The van der Waals surface area contributed by atoms with Crippen LogP contribution in [0, 0.1) is 6.92 Å². The summed E-state index contributed by atoms with van der Waals surface area (Å²) in [5.41, 5.74) is 4.08. The summed E-state index contributed by atoms with van der Waals surface area (Å²) < 4.78 is 0. The van der Waals surface area contributed by atoms with Gasteiger partial charge in [0.2, 0.25) is 0 Å². The molecule has 2 aromatic carbocycles. The Balaban J connectivity index is 2.11. The maximum atomic E-state index is 3.65. The van der Waals surface area contributed by atoms with E-state index in [2.05, 4.69) is 73.8 Å². The van der Waals surface area contributed by atoms with E-state index in [0.29, 0.717) is 6.04 Å². The fourth-order valence-corrected chi connectivity index (χ4v) is 2.27. The zero-order valence-corrected chi connectivity index (χ0v) is 11.9. The van der Waals surface area contributed by atoms with Gasteiger partial charge < -0.3 is 5.32 Å². The number of aryl methyl sites for hydroxylation is 1. The molecule has 0 radical (unpaired) electrons. The Labute approximate surface area is 116 Å². The van der Waals surface area contributed by atoms with Gasteiger partial charge in [-0.25, -0.2) is 0 Å². The lowest BCUT2D eigenvalue weighted by Gasteiger charge is -2.19. The Hall–Kier alpha value is -1.60. The molecule has 2 aromatic rings. The Morgan fingerprint density at radius 3 is 2.26 bits per heavy atom. The van der Waals surface area contributed by atoms with Crippen molar-refractivity contribution in [2.75, 3.05) is 6.54 Å². The molecular weight excluding hydrogens is 230 g/mol. The molecule has 1 nitrogen and oxygen atoms in total. The third kappa shape index (κ3) is 4.22. The average Bonchev–Trinajstić information content (AvgIpc) is 2.46. The van der Waals surface area contributed by atoms with E-state index in [1.165, 1.54) is 16.7 Å². The van der Waals surface area contributed by atoms with Gasteiger partial charge in [0.1, 0.15) is 0 Å². The standard InChI is InChI=1S/C18H23N/c1-3-13-19-18(17-7-5-4-6-8-17)14-16-11-9-15(2)10-12-16/h4-12,18-19H,3,13-14H2,1-2H3. The van der Waals surface area contributed by atoms with Crippen molar-refractivity contribution in [1.82, 2.24) is 5.32 Å². The molecule has 1 heteroatoms. The Bertz CT molecular complexity index is 473. The van der Waals surface area contributed by atoms with Gasteiger partial charge in [0.15, 0.2) is 0 Å². The highest BCUT2D eigenvalue weighted by Gasteiger charge is 2.10. The normalized spacial score (nSPS) is 12.3. The predicted octanol–water partition coefficient (Wildman–Crippen LogP) is 4.28. The van der Waals surface area contributed by atoms with Gasteiger partial charge in [-0.2, -0.15) is 0 Å². The summed E-state index contributed by atoms with van der Waals surface area (Å²) in [6.07, 6.45) is 2.21. The third-order valence-corrected chi connectivity index (χ3v) is 3.40. The maximum absolute atomic E-state index is 3.65. The largest absolute Gasteiger partial charge is 0.310 e. The summed E-state index contributed by atoms with van der Waals surface area (Å²) in [4.78, 5) is 0. The Morgan fingerprint density at radius 2 is 1.63 bits per heavy atom. The lowest BCUT2D eigenvalue weighted by Crippen LogP contribution is -2.24. The number of rotatable bonds is 6. The topological polar surface area (TPSA) is 12.0 Å². The molecular formula is C18H23N. The van der Waals surface area contributed by atoms with E-state index in [1.54, 1.807) is 0 Å². The molecule has 0 amide bonds. The van der Waals surface area contributed by atoms with Gasteiger partial charge in [-0.3, -0.25) is 0 Å². The van der Waals surface area contributed by atoms with Crippen LogP contribution in [0.5, 0.6) is 0 Å². The first-order chi connectivity index (χ1) is 9.29. The summed E-state index contributed by atoms with van der Waals surface area (Å²) >= 11 is 0. The maximum Gasteiger partial charge on any atom is 0.0360 e. The molecule has 1 atom stereocenters. The molecule has 0 bridgehead atoms. The molecule has 19 heavy (non-hydrogen) atoms. The van der Waals surface area contributed by atoms with Crippen molar-refractivity contribution in [1.29, 1.82) is 0 Å². The molecule has 2 rings (SSSR count). The van der Waals surface area contributed by atoms with Crippen LogP contribution in [-0.4, -0.2) is 6.54 Å². The molecule has 1 N–H and O–H groups in total. The second-order valence-corrected chi connectivity index (χ2v) is 5.11. The molecule has 0 aliphatic rings. The van der Waals surface area contributed by atoms with Gasteiger partial charge in [-0.15, -0.1) is 0 Å².